The average molecular weight is 281 g/mol. The van der Waals surface area contributed by atoms with Crippen molar-refractivity contribution in [2.45, 2.75) is 4.90 Å². The number of rotatable bonds is 1. The van der Waals surface area contributed by atoms with Gasteiger partial charge in [0.1, 0.15) is 0 Å². The Morgan fingerprint density at radius 2 is 2.07 bits per heavy atom. The lowest BCUT2D eigenvalue weighted by molar-refractivity contribution is 1.32. The molecular weight excluding hydrogens is 272 g/mol. The molecule has 2 rings (SSSR count). The molecule has 1 aromatic heterocycles. The smallest absolute Gasteiger partial charge is 0.0467 e. The minimum atomic E-state index is 0.659. The van der Waals surface area contributed by atoms with Crippen molar-refractivity contribution in [1.29, 1.82) is 0 Å². The molecule has 2 nitrogen and oxygen atoms in total. The molecule has 4 heteroatoms. The third kappa shape index (κ3) is 2.16. The van der Waals surface area contributed by atoms with Crippen molar-refractivity contribution < 1.29 is 0 Å². The normalized spacial score (nSPS) is 10.3. The Hall–Kier alpha value is -1.000. The molecule has 0 spiro atoms. The standard InChI is InChI=1S/C11H9BrN2S/c12-9-4-8(5-10(13)11(9)15)7-2-1-3-14-6-7/h1-6,15H,13H2. The average Bonchev–Trinajstić information content (AvgIpc) is 2.26. The summed E-state index contributed by atoms with van der Waals surface area (Å²) in [5, 5.41) is 0. The number of benzene rings is 1. The summed E-state index contributed by atoms with van der Waals surface area (Å²) in [7, 11) is 0. The van der Waals surface area contributed by atoms with E-state index in [1.807, 2.05) is 24.3 Å². The van der Waals surface area contributed by atoms with Gasteiger partial charge >= 0.3 is 0 Å². The molecule has 2 aromatic rings. The summed E-state index contributed by atoms with van der Waals surface area (Å²) in [5.41, 5.74) is 8.56. The maximum Gasteiger partial charge on any atom is 0.0467 e. The van der Waals surface area contributed by atoms with E-state index in [0.717, 1.165) is 20.5 Å². The first-order chi connectivity index (χ1) is 7.18. The van der Waals surface area contributed by atoms with Gasteiger partial charge in [0, 0.05) is 33.0 Å². The highest BCUT2D eigenvalue weighted by Gasteiger charge is 2.04. The molecule has 0 amide bonds. The molecule has 0 aliphatic heterocycles. The van der Waals surface area contributed by atoms with E-state index >= 15 is 0 Å². The highest BCUT2D eigenvalue weighted by atomic mass is 79.9. The number of pyridine rings is 1. The maximum absolute atomic E-state index is 5.83. The van der Waals surface area contributed by atoms with Gasteiger partial charge in [0.25, 0.3) is 0 Å². The second-order valence-corrected chi connectivity index (χ2v) is 4.44. The quantitative estimate of drug-likeness (QED) is 0.621. The lowest BCUT2D eigenvalue weighted by Gasteiger charge is -2.06. The zero-order chi connectivity index (χ0) is 10.8. The Bertz CT molecular complexity index is 462. The number of hydrogen-bond donors (Lipinski definition) is 2. The van der Waals surface area contributed by atoms with Crippen LogP contribution in [-0.4, -0.2) is 4.98 Å². The van der Waals surface area contributed by atoms with E-state index in [1.165, 1.54) is 0 Å². The largest absolute Gasteiger partial charge is 0.398 e. The first-order valence-electron chi connectivity index (χ1n) is 4.37. The third-order valence-electron chi connectivity index (χ3n) is 2.09. The summed E-state index contributed by atoms with van der Waals surface area (Å²) in [6, 6.07) is 7.76. The lowest BCUT2D eigenvalue weighted by Crippen LogP contribution is -1.89. The van der Waals surface area contributed by atoms with E-state index in [1.54, 1.807) is 12.4 Å². The highest BCUT2D eigenvalue weighted by Crippen LogP contribution is 2.32. The van der Waals surface area contributed by atoms with Crippen molar-refractivity contribution in [2.75, 3.05) is 5.73 Å². The Morgan fingerprint density at radius 1 is 1.27 bits per heavy atom. The topological polar surface area (TPSA) is 38.9 Å². The molecule has 0 aliphatic carbocycles. The SMILES string of the molecule is Nc1cc(-c2cccnc2)cc(Br)c1S. The van der Waals surface area contributed by atoms with E-state index < -0.39 is 0 Å². The van der Waals surface area contributed by atoms with Crippen molar-refractivity contribution >= 4 is 34.2 Å². The fourth-order valence-corrected chi connectivity index (χ4v) is 1.93. The van der Waals surface area contributed by atoms with E-state index in [2.05, 4.69) is 33.5 Å². The summed E-state index contributed by atoms with van der Waals surface area (Å²) in [6.45, 7) is 0. The zero-order valence-corrected chi connectivity index (χ0v) is 10.3. The van der Waals surface area contributed by atoms with Gasteiger partial charge in [0.15, 0.2) is 0 Å². The number of hydrogen-bond acceptors (Lipinski definition) is 3. The van der Waals surface area contributed by atoms with Crippen molar-refractivity contribution in [2.24, 2.45) is 0 Å². The van der Waals surface area contributed by atoms with Crippen molar-refractivity contribution in [3.8, 4) is 11.1 Å². The first-order valence-corrected chi connectivity index (χ1v) is 5.61. The van der Waals surface area contributed by atoms with Gasteiger partial charge in [0.2, 0.25) is 0 Å². The first kappa shape index (κ1) is 10.5. The van der Waals surface area contributed by atoms with Gasteiger partial charge in [-0.15, -0.1) is 12.6 Å². The third-order valence-corrected chi connectivity index (χ3v) is 3.52. The molecule has 0 aliphatic rings. The minimum absolute atomic E-state index is 0.659. The lowest BCUT2D eigenvalue weighted by atomic mass is 10.1. The van der Waals surface area contributed by atoms with Gasteiger partial charge in [-0.3, -0.25) is 4.98 Å². The molecule has 1 aromatic carbocycles. The summed E-state index contributed by atoms with van der Waals surface area (Å²) in [4.78, 5) is 4.83. The molecule has 0 saturated heterocycles. The van der Waals surface area contributed by atoms with Crippen molar-refractivity contribution in [3.05, 3.63) is 41.1 Å². The molecule has 0 unspecified atom stereocenters. The molecule has 15 heavy (non-hydrogen) atoms. The monoisotopic (exact) mass is 280 g/mol. The van der Waals surface area contributed by atoms with Crippen LogP contribution in [-0.2, 0) is 0 Å². The van der Waals surface area contributed by atoms with Gasteiger partial charge in [-0.05, 0) is 39.7 Å². The molecule has 2 N–H and O–H groups in total. The Kier molecular flexibility index (Phi) is 2.98. The van der Waals surface area contributed by atoms with Crippen molar-refractivity contribution in [1.82, 2.24) is 4.98 Å². The van der Waals surface area contributed by atoms with Gasteiger partial charge in [0.05, 0.1) is 0 Å². The summed E-state index contributed by atoms with van der Waals surface area (Å²) in [6.07, 6.45) is 3.55. The van der Waals surface area contributed by atoms with Crippen LogP contribution < -0.4 is 5.73 Å². The van der Waals surface area contributed by atoms with Gasteiger partial charge in [-0.1, -0.05) is 6.07 Å². The Morgan fingerprint density at radius 3 is 2.67 bits per heavy atom. The molecule has 0 fully saturated rings. The number of aromatic nitrogens is 1. The molecule has 0 atom stereocenters. The van der Waals surface area contributed by atoms with Crippen LogP contribution in [0.2, 0.25) is 0 Å². The van der Waals surface area contributed by atoms with Crippen LogP contribution in [0.5, 0.6) is 0 Å². The highest BCUT2D eigenvalue weighted by molar-refractivity contribution is 9.10. The predicted octanol–water partition coefficient (Wildman–Crippen LogP) is 3.38. The number of thiol groups is 1. The van der Waals surface area contributed by atoms with E-state index in [0.29, 0.717) is 5.69 Å². The molecular formula is C11H9BrN2S. The van der Waals surface area contributed by atoms with Crippen LogP contribution in [0.3, 0.4) is 0 Å². The van der Waals surface area contributed by atoms with Crippen LogP contribution >= 0.6 is 28.6 Å². The summed E-state index contributed by atoms with van der Waals surface area (Å²) >= 11 is 7.70. The summed E-state index contributed by atoms with van der Waals surface area (Å²) in [5.74, 6) is 0. The van der Waals surface area contributed by atoms with E-state index in [9.17, 15) is 0 Å². The number of halogens is 1. The van der Waals surface area contributed by atoms with Gasteiger partial charge in [-0.2, -0.15) is 0 Å². The fourth-order valence-electron chi connectivity index (χ4n) is 1.32. The van der Waals surface area contributed by atoms with E-state index in [4.69, 9.17) is 5.73 Å². The number of anilines is 1. The van der Waals surface area contributed by atoms with E-state index in [-0.39, 0.29) is 0 Å². The second kappa shape index (κ2) is 4.24. The van der Waals surface area contributed by atoms with Gasteiger partial charge in [-0.25, -0.2) is 0 Å². The van der Waals surface area contributed by atoms with Crippen LogP contribution in [0.25, 0.3) is 11.1 Å². The Labute approximate surface area is 102 Å². The Balaban J connectivity index is 2.56. The second-order valence-electron chi connectivity index (χ2n) is 3.14. The molecule has 0 radical (unpaired) electrons. The number of nitrogen functional groups attached to an aromatic ring is 1. The van der Waals surface area contributed by atoms with Gasteiger partial charge < -0.3 is 5.73 Å². The number of nitrogens with two attached hydrogens (primary N) is 1. The summed E-state index contributed by atoms with van der Waals surface area (Å²) < 4.78 is 0.893. The molecule has 0 saturated carbocycles. The fraction of sp³-hybridized carbons (Fsp3) is 0. The van der Waals surface area contributed by atoms with Crippen LogP contribution in [0.15, 0.2) is 46.0 Å². The van der Waals surface area contributed by atoms with Crippen molar-refractivity contribution in [3.63, 3.8) is 0 Å². The van der Waals surface area contributed by atoms with Crippen LogP contribution in [0, 0.1) is 0 Å². The van der Waals surface area contributed by atoms with Crippen LogP contribution in [0.4, 0.5) is 5.69 Å². The molecule has 1 heterocycles. The zero-order valence-electron chi connectivity index (χ0n) is 7.81. The van der Waals surface area contributed by atoms with Crippen LogP contribution in [0.1, 0.15) is 0 Å². The molecule has 76 valence electrons. The number of nitrogens with zero attached hydrogens (tertiary/aromatic N) is 1. The maximum atomic E-state index is 5.83. The molecule has 0 bridgehead atoms. The minimum Gasteiger partial charge on any atom is -0.398 e. The predicted molar refractivity (Wildman–Crippen MR) is 69.0 cm³/mol.